The van der Waals surface area contributed by atoms with Gasteiger partial charge >= 0.3 is 43.8 Å². The molecule has 9 heavy (non-hydrogen) atoms. The third-order valence-electron chi connectivity index (χ3n) is 0. The Bertz CT molecular complexity index is 63.6. The minimum Gasteiger partial charge on any atom is -0.870 e. The molecule has 0 saturated carbocycles. The van der Waals surface area contributed by atoms with Gasteiger partial charge < -0.3 is 26.8 Å². The fourth-order valence-electron chi connectivity index (χ4n) is 0. The van der Waals surface area contributed by atoms with Crippen molar-refractivity contribution in [2.75, 3.05) is 0 Å². The SMILES string of the molecule is NC(N)=O.O=[C-]O.[Ca+2].[OH-]. The molecule has 0 unspecified atom stereocenters. The Kier molecular flexibility index (Phi) is 63.0. The number of primary amides is 2. The number of carbonyl (C=O) groups excluding carboxylic acids is 1. The van der Waals surface area contributed by atoms with E-state index in [1.165, 1.54) is 0 Å². The maximum atomic E-state index is 9.00. The van der Waals surface area contributed by atoms with Gasteiger partial charge in [-0.15, -0.1) is 0 Å². The first-order valence-corrected chi connectivity index (χ1v) is 1.21. The van der Waals surface area contributed by atoms with Crippen LogP contribution >= 0.6 is 0 Å². The summed E-state index contributed by atoms with van der Waals surface area (Å²) in [5.74, 6) is 0. The van der Waals surface area contributed by atoms with E-state index in [1.807, 2.05) is 0 Å². The van der Waals surface area contributed by atoms with Crippen molar-refractivity contribution < 1.29 is 20.2 Å². The number of aliphatic hydroxyl groups excluding tert-OH is 1. The molecule has 0 rings (SSSR count). The zero-order chi connectivity index (χ0) is 6.28. The van der Waals surface area contributed by atoms with Crippen LogP contribution in [0.3, 0.4) is 0 Å². The second-order valence-electron chi connectivity index (χ2n) is 0.494. The van der Waals surface area contributed by atoms with Crippen LogP contribution in [0, 0.1) is 0 Å². The number of amides is 2. The molecule has 0 saturated heterocycles. The average Bonchev–Trinajstić information content (AvgIpc) is 1.33. The van der Waals surface area contributed by atoms with E-state index in [9.17, 15) is 0 Å². The second kappa shape index (κ2) is 24.6. The fourth-order valence-corrected chi connectivity index (χ4v) is 0. The molecule has 0 aromatic heterocycles. The zero-order valence-electron chi connectivity index (χ0n) is 4.57. The first kappa shape index (κ1) is 23.1. The van der Waals surface area contributed by atoms with Gasteiger partial charge in [-0.3, -0.25) is 0 Å². The molecule has 0 heterocycles. The van der Waals surface area contributed by atoms with Crippen LogP contribution < -0.4 is 11.5 Å². The molecule has 6 nitrogen and oxygen atoms in total. The van der Waals surface area contributed by atoms with E-state index in [1.54, 1.807) is 0 Å². The minimum atomic E-state index is -0.833. The summed E-state index contributed by atoms with van der Waals surface area (Å²) in [5, 5.41) is 6.76. The average molecular weight is 162 g/mol. The predicted octanol–water partition coefficient (Wildman–Crippen LogP) is -1.92. The molecule has 0 aliphatic rings. The first-order valence-electron chi connectivity index (χ1n) is 1.21. The molecule has 0 spiro atoms. The van der Waals surface area contributed by atoms with Crippen LogP contribution in [0.4, 0.5) is 4.79 Å². The number of urea groups is 1. The molecule has 0 aromatic rings. The van der Waals surface area contributed by atoms with Gasteiger partial charge in [0.15, 0.2) is 0 Å². The van der Waals surface area contributed by atoms with E-state index < -0.39 is 6.03 Å². The van der Waals surface area contributed by atoms with Crippen LogP contribution in [0.5, 0.6) is 0 Å². The van der Waals surface area contributed by atoms with Crippen molar-refractivity contribution in [2.45, 2.75) is 0 Å². The first-order chi connectivity index (χ1) is 3.15. The normalized spacial score (nSPS) is 4.00. The minimum absolute atomic E-state index is 0. The number of hydrogen-bond donors (Lipinski definition) is 3. The van der Waals surface area contributed by atoms with Gasteiger partial charge in [-0.1, -0.05) is 6.47 Å². The Hall–Kier alpha value is -0.0403. The number of carbonyl (C=O) groups is 1. The molecule has 0 aromatic carbocycles. The van der Waals surface area contributed by atoms with Crippen LogP contribution in [-0.2, 0) is 4.79 Å². The molecule has 6 N–H and O–H groups in total. The quantitative estimate of drug-likeness (QED) is 0.282. The Morgan fingerprint density at radius 1 is 1.44 bits per heavy atom. The van der Waals surface area contributed by atoms with Crippen molar-refractivity contribution in [1.82, 2.24) is 0 Å². The van der Waals surface area contributed by atoms with Crippen molar-refractivity contribution in [1.29, 1.82) is 0 Å². The van der Waals surface area contributed by atoms with Crippen molar-refractivity contribution >= 4 is 50.2 Å². The summed E-state index contributed by atoms with van der Waals surface area (Å²) in [4.78, 5) is 17.2. The van der Waals surface area contributed by atoms with Crippen molar-refractivity contribution in [3.8, 4) is 0 Å². The molecular formula is C2H6CaN2O4. The van der Waals surface area contributed by atoms with E-state index in [0.29, 0.717) is 6.47 Å². The summed E-state index contributed by atoms with van der Waals surface area (Å²) < 4.78 is 0. The molecule has 7 heteroatoms. The maximum Gasteiger partial charge on any atom is 2.00 e. The Labute approximate surface area is 81.5 Å². The van der Waals surface area contributed by atoms with Gasteiger partial charge in [0.05, 0.1) is 0 Å². The molecule has 0 aliphatic heterocycles. The summed E-state index contributed by atoms with van der Waals surface area (Å²) >= 11 is 0. The van der Waals surface area contributed by atoms with E-state index in [2.05, 4.69) is 11.5 Å². The monoisotopic (exact) mass is 162 g/mol. The van der Waals surface area contributed by atoms with E-state index in [-0.39, 0.29) is 43.2 Å². The van der Waals surface area contributed by atoms with Gasteiger partial charge in [0.2, 0.25) is 0 Å². The van der Waals surface area contributed by atoms with Crippen LogP contribution in [0.15, 0.2) is 0 Å². The third-order valence-corrected chi connectivity index (χ3v) is 0. The molecule has 2 amide bonds. The third kappa shape index (κ3) is 174000. The fraction of sp³-hybridized carbons (Fsp3) is 0. The van der Waals surface area contributed by atoms with Gasteiger partial charge in [0.1, 0.15) is 0 Å². The smallest absolute Gasteiger partial charge is 0.870 e. The Balaban J connectivity index is -0.0000000233. The number of nitrogens with two attached hydrogens (primary N) is 2. The Morgan fingerprint density at radius 3 is 1.44 bits per heavy atom. The Morgan fingerprint density at radius 2 is 1.44 bits per heavy atom. The van der Waals surface area contributed by atoms with Crippen molar-refractivity contribution in [3.63, 3.8) is 0 Å². The molecule has 0 radical (unpaired) electrons. The number of rotatable bonds is 0. The van der Waals surface area contributed by atoms with Gasteiger partial charge in [-0.05, 0) is 0 Å². The van der Waals surface area contributed by atoms with Gasteiger partial charge in [-0.25, -0.2) is 4.79 Å². The zero-order valence-corrected chi connectivity index (χ0v) is 6.78. The van der Waals surface area contributed by atoms with E-state index in [4.69, 9.17) is 14.7 Å². The summed E-state index contributed by atoms with van der Waals surface area (Å²) in [6, 6.07) is -0.833. The predicted molar refractivity (Wildman–Crippen MR) is 29.8 cm³/mol. The van der Waals surface area contributed by atoms with Gasteiger partial charge in [-0.2, -0.15) is 0 Å². The van der Waals surface area contributed by atoms with Crippen LogP contribution in [-0.4, -0.2) is 60.8 Å². The van der Waals surface area contributed by atoms with E-state index >= 15 is 0 Å². The maximum absolute atomic E-state index is 9.00. The topological polar surface area (TPSA) is 136 Å². The molecule has 0 atom stereocenters. The molecule has 0 bridgehead atoms. The standard InChI is InChI=1S/CH4N2O.CHO2.Ca.H2O/c2-1(3)4;2-1-3;;/h(H4,2,3,4);(H,2,3);;1H2/q;-1;+2;/p-1. The molecule has 0 fully saturated rings. The molecular weight excluding hydrogens is 156 g/mol. The van der Waals surface area contributed by atoms with Crippen LogP contribution in [0.1, 0.15) is 0 Å². The van der Waals surface area contributed by atoms with E-state index in [0.717, 1.165) is 0 Å². The van der Waals surface area contributed by atoms with Crippen LogP contribution in [0.25, 0.3) is 0 Å². The number of hydrogen-bond acceptors (Lipinski definition) is 3. The van der Waals surface area contributed by atoms with Gasteiger partial charge in [0, 0.05) is 0 Å². The van der Waals surface area contributed by atoms with Crippen molar-refractivity contribution in [3.05, 3.63) is 0 Å². The van der Waals surface area contributed by atoms with Gasteiger partial charge in [0.25, 0.3) is 0 Å². The largest absolute Gasteiger partial charge is 2.00 e. The summed E-state index contributed by atoms with van der Waals surface area (Å²) in [5.41, 5.74) is 8.50. The summed E-state index contributed by atoms with van der Waals surface area (Å²) in [6.07, 6.45) is 0. The molecule has 50 valence electrons. The summed E-state index contributed by atoms with van der Waals surface area (Å²) in [6.45, 7) is 0.500. The van der Waals surface area contributed by atoms with Crippen molar-refractivity contribution in [2.24, 2.45) is 11.5 Å². The summed E-state index contributed by atoms with van der Waals surface area (Å²) in [7, 11) is 0. The molecule has 0 aliphatic carbocycles. The second-order valence-corrected chi connectivity index (χ2v) is 0.494. The van der Waals surface area contributed by atoms with Crippen LogP contribution in [0.2, 0.25) is 0 Å².